The van der Waals surface area contributed by atoms with Gasteiger partial charge in [-0.15, -0.1) is 0 Å². The van der Waals surface area contributed by atoms with E-state index in [2.05, 4.69) is 10.6 Å². The van der Waals surface area contributed by atoms with E-state index in [1.54, 1.807) is 13.8 Å². The van der Waals surface area contributed by atoms with Crippen molar-refractivity contribution in [2.24, 2.45) is 5.92 Å². The van der Waals surface area contributed by atoms with Crippen LogP contribution in [-0.4, -0.2) is 23.3 Å². The first kappa shape index (κ1) is 17.4. The molecule has 0 aliphatic rings. The SMILES string of the molecule is CC(NC(=O)NCC(C)(O)C(C)C)c1cccc(F)c1F. The van der Waals surface area contributed by atoms with Crippen molar-refractivity contribution in [2.45, 2.75) is 39.3 Å². The van der Waals surface area contributed by atoms with E-state index >= 15 is 0 Å². The maximum Gasteiger partial charge on any atom is 0.315 e. The van der Waals surface area contributed by atoms with E-state index in [1.165, 1.54) is 12.1 Å². The number of hydrogen-bond donors (Lipinski definition) is 3. The molecule has 2 unspecified atom stereocenters. The molecule has 0 spiro atoms. The Balaban J connectivity index is 2.61. The summed E-state index contributed by atoms with van der Waals surface area (Å²) in [7, 11) is 0. The van der Waals surface area contributed by atoms with Crippen molar-refractivity contribution in [2.75, 3.05) is 6.54 Å². The van der Waals surface area contributed by atoms with Crippen molar-refractivity contribution in [3.63, 3.8) is 0 Å². The maximum atomic E-state index is 13.6. The fraction of sp³-hybridized carbons (Fsp3) is 0.533. The predicted octanol–water partition coefficient (Wildman–Crippen LogP) is 2.73. The molecule has 0 aromatic heterocycles. The number of carbonyl (C=O) groups excluding carboxylic acids is 1. The second-order valence-electron chi connectivity index (χ2n) is 5.70. The zero-order chi connectivity index (χ0) is 16.2. The molecule has 4 nitrogen and oxygen atoms in total. The van der Waals surface area contributed by atoms with Crippen LogP contribution in [0.5, 0.6) is 0 Å². The number of aliphatic hydroxyl groups is 1. The van der Waals surface area contributed by atoms with Crippen LogP contribution in [0.4, 0.5) is 13.6 Å². The standard InChI is InChI=1S/C15H22F2N2O2/c1-9(2)15(4,21)8-18-14(20)19-10(3)11-6-5-7-12(16)13(11)17/h5-7,9-10,21H,8H2,1-4H3,(H2,18,19,20). The van der Waals surface area contributed by atoms with Gasteiger partial charge in [-0.25, -0.2) is 13.6 Å². The second kappa shape index (κ2) is 6.85. The molecule has 6 heteroatoms. The van der Waals surface area contributed by atoms with E-state index in [0.717, 1.165) is 6.07 Å². The first-order chi connectivity index (χ1) is 9.65. The number of amides is 2. The summed E-state index contributed by atoms with van der Waals surface area (Å²) in [6.07, 6.45) is 0. The van der Waals surface area contributed by atoms with Crippen LogP contribution in [0.25, 0.3) is 0 Å². The van der Waals surface area contributed by atoms with Crippen LogP contribution in [0.3, 0.4) is 0 Å². The summed E-state index contributed by atoms with van der Waals surface area (Å²) in [5.74, 6) is -1.96. The molecule has 2 amide bonds. The Bertz CT molecular complexity index is 504. The molecule has 2 atom stereocenters. The van der Waals surface area contributed by atoms with Gasteiger partial charge in [-0.3, -0.25) is 0 Å². The first-order valence-electron chi connectivity index (χ1n) is 6.85. The molecule has 0 aliphatic heterocycles. The first-order valence-corrected chi connectivity index (χ1v) is 6.85. The fourth-order valence-electron chi connectivity index (χ4n) is 1.64. The Morgan fingerprint density at radius 1 is 1.33 bits per heavy atom. The molecule has 1 rings (SSSR count). The molecule has 0 heterocycles. The monoisotopic (exact) mass is 300 g/mol. The van der Waals surface area contributed by atoms with Crippen molar-refractivity contribution in [1.82, 2.24) is 10.6 Å². The van der Waals surface area contributed by atoms with E-state index in [1.807, 2.05) is 13.8 Å². The van der Waals surface area contributed by atoms with Gasteiger partial charge in [-0.1, -0.05) is 26.0 Å². The number of carbonyl (C=O) groups is 1. The summed E-state index contributed by atoms with van der Waals surface area (Å²) in [6.45, 7) is 6.91. The van der Waals surface area contributed by atoms with Crippen LogP contribution < -0.4 is 10.6 Å². The summed E-state index contributed by atoms with van der Waals surface area (Å²) in [6, 6.07) is 2.57. The van der Waals surface area contributed by atoms with Gasteiger partial charge in [0.2, 0.25) is 0 Å². The van der Waals surface area contributed by atoms with Crippen molar-refractivity contribution in [3.8, 4) is 0 Å². The zero-order valence-corrected chi connectivity index (χ0v) is 12.7. The van der Waals surface area contributed by atoms with E-state index in [9.17, 15) is 18.7 Å². The van der Waals surface area contributed by atoms with E-state index < -0.39 is 29.3 Å². The number of halogens is 2. The van der Waals surface area contributed by atoms with Crippen molar-refractivity contribution in [3.05, 3.63) is 35.4 Å². The van der Waals surface area contributed by atoms with Crippen LogP contribution in [0.2, 0.25) is 0 Å². The lowest BCUT2D eigenvalue weighted by atomic mass is 9.93. The molecule has 0 saturated heterocycles. The van der Waals surface area contributed by atoms with Crippen molar-refractivity contribution in [1.29, 1.82) is 0 Å². The summed E-state index contributed by atoms with van der Waals surface area (Å²) < 4.78 is 26.7. The fourth-order valence-corrected chi connectivity index (χ4v) is 1.64. The molecule has 0 saturated carbocycles. The van der Waals surface area contributed by atoms with Crippen LogP contribution in [0.15, 0.2) is 18.2 Å². The minimum absolute atomic E-state index is 0.0316. The summed E-state index contributed by atoms with van der Waals surface area (Å²) in [5.41, 5.74) is -0.967. The van der Waals surface area contributed by atoms with E-state index in [-0.39, 0.29) is 18.0 Å². The summed E-state index contributed by atoms with van der Waals surface area (Å²) in [5, 5.41) is 15.1. The highest BCUT2D eigenvalue weighted by Gasteiger charge is 2.25. The third kappa shape index (κ3) is 4.67. The highest BCUT2D eigenvalue weighted by Crippen LogP contribution is 2.19. The lowest BCUT2D eigenvalue weighted by molar-refractivity contribution is 0.0165. The minimum atomic E-state index is -1.04. The van der Waals surface area contributed by atoms with E-state index in [0.29, 0.717) is 0 Å². The number of rotatable bonds is 5. The van der Waals surface area contributed by atoms with Gasteiger partial charge in [0.15, 0.2) is 11.6 Å². The summed E-state index contributed by atoms with van der Waals surface area (Å²) >= 11 is 0. The normalized spacial score (nSPS) is 15.4. The molecule has 3 N–H and O–H groups in total. The molecule has 0 fully saturated rings. The molecule has 21 heavy (non-hydrogen) atoms. The van der Waals surface area contributed by atoms with Crippen LogP contribution in [0, 0.1) is 17.6 Å². The predicted molar refractivity (Wildman–Crippen MR) is 76.8 cm³/mol. The van der Waals surface area contributed by atoms with E-state index in [4.69, 9.17) is 0 Å². The van der Waals surface area contributed by atoms with Gasteiger partial charge in [0.05, 0.1) is 11.6 Å². The average molecular weight is 300 g/mol. The highest BCUT2D eigenvalue weighted by molar-refractivity contribution is 5.74. The Hall–Kier alpha value is -1.69. The summed E-state index contributed by atoms with van der Waals surface area (Å²) in [4.78, 5) is 11.7. The number of nitrogens with one attached hydrogen (secondary N) is 2. The maximum absolute atomic E-state index is 13.6. The minimum Gasteiger partial charge on any atom is -0.388 e. The molecule has 0 radical (unpaired) electrons. The molecule has 1 aromatic carbocycles. The van der Waals surface area contributed by atoms with Gasteiger partial charge < -0.3 is 15.7 Å². The molecule has 1 aromatic rings. The largest absolute Gasteiger partial charge is 0.388 e. The van der Waals surface area contributed by atoms with Gasteiger partial charge >= 0.3 is 6.03 Å². The lowest BCUT2D eigenvalue weighted by Gasteiger charge is -2.28. The van der Waals surface area contributed by atoms with Crippen LogP contribution in [-0.2, 0) is 0 Å². The van der Waals surface area contributed by atoms with Gasteiger partial charge in [-0.05, 0) is 25.8 Å². The molecule has 0 bridgehead atoms. The quantitative estimate of drug-likeness (QED) is 0.783. The van der Waals surface area contributed by atoms with Crippen LogP contribution in [0.1, 0.15) is 39.3 Å². The van der Waals surface area contributed by atoms with Gasteiger partial charge in [-0.2, -0.15) is 0 Å². The topological polar surface area (TPSA) is 61.4 Å². The Morgan fingerprint density at radius 3 is 2.52 bits per heavy atom. The van der Waals surface area contributed by atoms with Crippen molar-refractivity contribution >= 4 is 6.03 Å². The molecular weight excluding hydrogens is 278 g/mol. The Morgan fingerprint density at radius 2 is 1.95 bits per heavy atom. The third-order valence-corrected chi connectivity index (χ3v) is 3.65. The number of hydrogen-bond acceptors (Lipinski definition) is 2. The number of urea groups is 1. The van der Waals surface area contributed by atoms with Gasteiger partial charge in [0, 0.05) is 12.1 Å². The highest BCUT2D eigenvalue weighted by atomic mass is 19.2. The third-order valence-electron chi connectivity index (χ3n) is 3.65. The molecule has 0 aliphatic carbocycles. The molecule has 118 valence electrons. The number of benzene rings is 1. The molecular formula is C15H22F2N2O2. The smallest absolute Gasteiger partial charge is 0.315 e. The van der Waals surface area contributed by atoms with Crippen LogP contribution >= 0.6 is 0 Å². The Labute approximate surface area is 123 Å². The van der Waals surface area contributed by atoms with Gasteiger partial charge in [0.1, 0.15) is 0 Å². The van der Waals surface area contributed by atoms with Gasteiger partial charge in [0.25, 0.3) is 0 Å². The second-order valence-corrected chi connectivity index (χ2v) is 5.70. The lowest BCUT2D eigenvalue weighted by Crippen LogP contribution is -2.47. The average Bonchev–Trinajstić information content (AvgIpc) is 2.39. The van der Waals surface area contributed by atoms with Crippen molar-refractivity contribution < 1.29 is 18.7 Å². The Kier molecular flexibility index (Phi) is 5.66. The zero-order valence-electron chi connectivity index (χ0n) is 12.7.